The van der Waals surface area contributed by atoms with Gasteiger partial charge in [0.15, 0.2) is 6.61 Å². The molecule has 0 radical (unpaired) electrons. The van der Waals surface area contributed by atoms with E-state index in [2.05, 4.69) is 10.2 Å². The van der Waals surface area contributed by atoms with Crippen LogP contribution in [0.25, 0.3) is 0 Å². The van der Waals surface area contributed by atoms with Crippen molar-refractivity contribution in [1.82, 2.24) is 10.2 Å². The van der Waals surface area contributed by atoms with Crippen LogP contribution in [0, 0.1) is 0 Å². The third kappa shape index (κ3) is 5.39. The maximum atomic E-state index is 12.5. The van der Waals surface area contributed by atoms with Crippen molar-refractivity contribution in [3.8, 4) is 11.5 Å². The van der Waals surface area contributed by atoms with Gasteiger partial charge in [-0.3, -0.25) is 14.5 Å². The fraction of sp³-hybridized carbons (Fsp3) is 0.619. The van der Waals surface area contributed by atoms with E-state index in [0.29, 0.717) is 12.3 Å². The second-order valence-corrected chi connectivity index (χ2v) is 7.68. The van der Waals surface area contributed by atoms with Crippen LogP contribution in [0.4, 0.5) is 0 Å². The molecule has 1 saturated heterocycles. The van der Waals surface area contributed by atoms with Crippen molar-refractivity contribution in [3.05, 3.63) is 23.8 Å². The van der Waals surface area contributed by atoms with Crippen molar-refractivity contribution < 1.29 is 23.8 Å². The fourth-order valence-corrected chi connectivity index (χ4v) is 4.26. The van der Waals surface area contributed by atoms with Crippen LogP contribution in [0.1, 0.15) is 42.5 Å². The van der Waals surface area contributed by atoms with Gasteiger partial charge >= 0.3 is 0 Å². The highest BCUT2D eigenvalue weighted by Crippen LogP contribution is 2.34. The number of carbonyl (C=O) groups is 2. The van der Waals surface area contributed by atoms with Gasteiger partial charge in [0, 0.05) is 25.2 Å². The minimum Gasteiger partial charge on any atom is -0.497 e. The number of primary amides is 1. The number of ether oxygens (including phenoxy) is 3. The number of carbonyl (C=O) groups excluding carboxylic acids is 2. The van der Waals surface area contributed by atoms with Gasteiger partial charge in [-0.15, -0.1) is 0 Å². The third-order valence-electron chi connectivity index (χ3n) is 5.89. The molecule has 1 aromatic carbocycles. The van der Waals surface area contributed by atoms with E-state index in [1.54, 1.807) is 12.1 Å². The molecule has 160 valence electrons. The highest BCUT2D eigenvalue weighted by atomic mass is 16.5. The molecule has 3 N–H and O–H groups in total. The van der Waals surface area contributed by atoms with Gasteiger partial charge in [-0.1, -0.05) is 19.3 Å². The van der Waals surface area contributed by atoms with Gasteiger partial charge < -0.3 is 25.3 Å². The molecule has 1 heterocycles. The van der Waals surface area contributed by atoms with Crippen LogP contribution in [0.15, 0.2) is 18.2 Å². The number of nitrogens with one attached hydrogen (secondary N) is 1. The van der Waals surface area contributed by atoms with E-state index >= 15 is 0 Å². The molecule has 0 spiro atoms. The summed E-state index contributed by atoms with van der Waals surface area (Å²) in [4.78, 5) is 26.6. The number of benzene rings is 1. The molecule has 29 heavy (non-hydrogen) atoms. The van der Waals surface area contributed by atoms with Gasteiger partial charge in [0.1, 0.15) is 11.5 Å². The summed E-state index contributed by atoms with van der Waals surface area (Å²) >= 11 is 0. The first kappa shape index (κ1) is 21.4. The Balaban J connectivity index is 1.58. The van der Waals surface area contributed by atoms with E-state index in [-0.39, 0.29) is 29.4 Å². The van der Waals surface area contributed by atoms with Crippen LogP contribution in [-0.2, 0) is 9.53 Å². The average Bonchev–Trinajstić information content (AvgIpc) is 2.77. The van der Waals surface area contributed by atoms with E-state index < -0.39 is 5.91 Å². The first-order valence-corrected chi connectivity index (χ1v) is 10.2. The molecule has 0 aromatic heterocycles. The summed E-state index contributed by atoms with van der Waals surface area (Å²) in [6.45, 7) is 3.71. The Morgan fingerprint density at radius 1 is 1.21 bits per heavy atom. The summed E-state index contributed by atoms with van der Waals surface area (Å²) < 4.78 is 16.2. The number of amides is 2. The van der Waals surface area contributed by atoms with Gasteiger partial charge in [0.25, 0.3) is 11.8 Å². The Hall–Kier alpha value is -2.32. The molecule has 8 nitrogen and oxygen atoms in total. The Morgan fingerprint density at radius 3 is 2.59 bits per heavy atom. The van der Waals surface area contributed by atoms with E-state index in [0.717, 1.165) is 39.1 Å². The fourth-order valence-electron chi connectivity index (χ4n) is 4.26. The van der Waals surface area contributed by atoms with Crippen LogP contribution in [0.5, 0.6) is 11.5 Å². The molecule has 2 aliphatic rings. The van der Waals surface area contributed by atoms with Gasteiger partial charge in [0.05, 0.1) is 25.9 Å². The Bertz CT molecular complexity index is 712. The zero-order valence-corrected chi connectivity index (χ0v) is 17.1. The normalized spacial score (nSPS) is 19.3. The van der Waals surface area contributed by atoms with Gasteiger partial charge in [0.2, 0.25) is 0 Å². The Kier molecular flexibility index (Phi) is 7.33. The lowest BCUT2D eigenvalue weighted by atomic mass is 9.79. The summed E-state index contributed by atoms with van der Waals surface area (Å²) in [5.74, 6) is -0.0726. The summed E-state index contributed by atoms with van der Waals surface area (Å²) in [6, 6.07) is 4.75. The first-order chi connectivity index (χ1) is 14.0. The number of hydrogen-bond acceptors (Lipinski definition) is 6. The number of nitrogens with zero attached hydrogens (tertiary/aromatic N) is 1. The molecular formula is C21H31N3O5. The third-order valence-corrected chi connectivity index (χ3v) is 5.89. The van der Waals surface area contributed by atoms with Crippen LogP contribution in [0.3, 0.4) is 0 Å². The highest BCUT2D eigenvalue weighted by Gasteiger charge is 2.38. The summed E-state index contributed by atoms with van der Waals surface area (Å²) in [5.41, 5.74) is 5.60. The van der Waals surface area contributed by atoms with Crippen molar-refractivity contribution in [3.63, 3.8) is 0 Å². The van der Waals surface area contributed by atoms with Crippen LogP contribution >= 0.6 is 0 Å². The van der Waals surface area contributed by atoms with Crippen molar-refractivity contribution in [2.45, 2.75) is 37.6 Å². The second kappa shape index (κ2) is 9.93. The second-order valence-electron chi connectivity index (χ2n) is 7.68. The standard InChI is InChI=1S/C21H31N3O5/c1-27-16-5-6-18(17(13-16)20(22)26)29-14-19(25)23-15-21(7-3-2-4-8-21)24-9-11-28-12-10-24/h5-6,13H,2-4,7-12,14-15H2,1H3,(H2,22,26)(H,23,25). The first-order valence-electron chi connectivity index (χ1n) is 10.2. The predicted octanol–water partition coefficient (Wildman–Crippen LogP) is 1.32. The minimum absolute atomic E-state index is 0.00378. The molecule has 2 amide bonds. The molecule has 0 atom stereocenters. The molecule has 2 fully saturated rings. The lowest BCUT2D eigenvalue weighted by molar-refractivity contribution is -0.124. The Labute approximate surface area is 171 Å². The molecule has 3 rings (SSSR count). The molecule has 1 saturated carbocycles. The minimum atomic E-state index is -0.632. The molecule has 0 bridgehead atoms. The lowest BCUT2D eigenvalue weighted by Gasteiger charge is -2.48. The number of hydrogen-bond donors (Lipinski definition) is 2. The number of morpholine rings is 1. The van der Waals surface area contributed by atoms with Crippen LogP contribution < -0.4 is 20.5 Å². The van der Waals surface area contributed by atoms with Crippen LogP contribution in [0.2, 0.25) is 0 Å². The van der Waals surface area contributed by atoms with Crippen molar-refractivity contribution in [2.75, 3.05) is 46.6 Å². The maximum Gasteiger partial charge on any atom is 0.258 e. The zero-order chi connectivity index (χ0) is 20.7. The smallest absolute Gasteiger partial charge is 0.258 e. The Morgan fingerprint density at radius 2 is 1.93 bits per heavy atom. The van der Waals surface area contributed by atoms with E-state index in [4.69, 9.17) is 19.9 Å². The maximum absolute atomic E-state index is 12.5. The molecular weight excluding hydrogens is 374 g/mol. The molecule has 1 aromatic rings. The molecule has 8 heteroatoms. The predicted molar refractivity (Wildman–Crippen MR) is 108 cm³/mol. The van der Waals surface area contributed by atoms with Gasteiger partial charge in [-0.05, 0) is 31.0 Å². The number of methoxy groups -OCH3 is 1. The topological polar surface area (TPSA) is 103 Å². The monoisotopic (exact) mass is 405 g/mol. The summed E-state index contributed by atoms with van der Waals surface area (Å²) in [5, 5.41) is 3.04. The van der Waals surface area contributed by atoms with Crippen molar-refractivity contribution in [1.29, 1.82) is 0 Å². The average molecular weight is 405 g/mol. The zero-order valence-electron chi connectivity index (χ0n) is 17.1. The van der Waals surface area contributed by atoms with Crippen molar-refractivity contribution in [2.24, 2.45) is 5.73 Å². The van der Waals surface area contributed by atoms with E-state index in [9.17, 15) is 9.59 Å². The van der Waals surface area contributed by atoms with E-state index in [1.165, 1.54) is 32.4 Å². The summed E-state index contributed by atoms with van der Waals surface area (Å²) in [7, 11) is 1.50. The number of nitrogens with two attached hydrogens (primary N) is 1. The number of rotatable bonds is 8. The van der Waals surface area contributed by atoms with E-state index in [1.807, 2.05) is 0 Å². The van der Waals surface area contributed by atoms with Crippen molar-refractivity contribution >= 4 is 11.8 Å². The highest BCUT2D eigenvalue weighted by molar-refractivity contribution is 5.96. The SMILES string of the molecule is COc1ccc(OCC(=O)NCC2(N3CCOCC3)CCCCC2)c(C(N)=O)c1. The molecule has 0 unspecified atom stereocenters. The molecule has 1 aliphatic carbocycles. The van der Waals surface area contributed by atoms with Gasteiger partial charge in [-0.2, -0.15) is 0 Å². The quantitative estimate of drug-likeness (QED) is 0.676. The van der Waals surface area contributed by atoms with Crippen LogP contribution in [-0.4, -0.2) is 68.8 Å². The largest absolute Gasteiger partial charge is 0.497 e. The van der Waals surface area contributed by atoms with Gasteiger partial charge in [-0.25, -0.2) is 0 Å². The lowest BCUT2D eigenvalue weighted by Crippen LogP contribution is -2.60. The summed E-state index contributed by atoms with van der Waals surface area (Å²) in [6.07, 6.45) is 5.77. The molecule has 1 aliphatic heterocycles.